The normalized spacial score (nSPS) is 11.6. The Morgan fingerprint density at radius 1 is 1.44 bits per heavy atom. The van der Waals surface area contributed by atoms with Crippen molar-refractivity contribution in [2.24, 2.45) is 5.92 Å². The Morgan fingerprint density at radius 2 is 2.06 bits per heavy atom. The van der Waals surface area contributed by atoms with Gasteiger partial charge in [-0.25, -0.2) is 17.6 Å². The fourth-order valence-electron chi connectivity index (χ4n) is 1.41. The van der Waals surface area contributed by atoms with Crippen LogP contribution in [0, 0.1) is 11.7 Å². The summed E-state index contributed by atoms with van der Waals surface area (Å²) in [5.41, 5.74) is -0.486. The molecular formula is C11H14FNO4S. The number of anilines is 1. The molecule has 1 aromatic rings. The molecular weight excluding hydrogens is 261 g/mol. The van der Waals surface area contributed by atoms with Gasteiger partial charge in [0.05, 0.1) is 17.0 Å². The third-order valence-electron chi connectivity index (χ3n) is 2.03. The number of halogens is 1. The molecule has 0 aromatic heterocycles. The molecule has 0 aliphatic carbocycles. The molecule has 0 aliphatic rings. The van der Waals surface area contributed by atoms with E-state index < -0.39 is 27.4 Å². The smallest absolute Gasteiger partial charge is 0.338 e. The largest absolute Gasteiger partial charge is 0.478 e. The number of aromatic carboxylic acids is 1. The lowest BCUT2D eigenvalue weighted by molar-refractivity contribution is 0.0692. The summed E-state index contributed by atoms with van der Waals surface area (Å²) in [7, 11) is -3.55. The summed E-state index contributed by atoms with van der Waals surface area (Å²) < 4.78 is 38.7. The van der Waals surface area contributed by atoms with Gasteiger partial charge in [-0.15, -0.1) is 0 Å². The molecule has 0 radical (unpaired) electrons. The highest BCUT2D eigenvalue weighted by Gasteiger charge is 2.15. The van der Waals surface area contributed by atoms with Crippen molar-refractivity contribution in [1.82, 2.24) is 0 Å². The number of hydrogen-bond donors (Lipinski definition) is 2. The third kappa shape index (κ3) is 3.99. The van der Waals surface area contributed by atoms with Crippen molar-refractivity contribution in [3.63, 3.8) is 0 Å². The summed E-state index contributed by atoms with van der Waals surface area (Å²) >= 11 is 0. The van der Waals surface area contributed by atoms with E-state index in [1.807, 2.05) is 0 Å². The minimum atomic E-state index is -3.55. The number of benzene rings is 1. The number of rotatable bonds is 5. The van der Waals surface area contributed by atoms with Crippen LogP contribution in [0.5, 0.6) is 0 Å². The molecule has 1 rings (SSSR count). The lowest BCUT2D eigenvalue weighted by Crippen LogP contribution is -2.20. The highest BCUT2D eigenvalue weighted by Crippen LogP contribution is 2.16. The summed E-state index contributed by atoms with van der Waals surface area (Å²) in [5, 5.41) is 8.63. The fraction of sp³-hybridized carbons (Fsp3) is 0.364. The van der Waals surface area contributed by atoms with Crippen molar-refractivity contribution in [2.75, 3.05) is 10.5 Å². The van der Waals surface area contributed by atoms with Crippen molar-refractivity contribution < 1.29 is 22.7 Å². The predicted octanol–water partition coefficient (Wildman–Crippen LogP) is 1.92. The second-order valence-corrected chi connectivity index (χ2v) is 6.04. The van der Waals surface area contributed by atoms with E-state index in [4.69, 9.17) is 5.11 Å². The number of hydrogen-bond acceptors (Lipinski definition) is 3. The lowest BCUT2D eigenvalue weighted by atomic mass is 10.2. The first-order valence-corrected chi connectivity index (χ1v) is 6.90. The van der Waals surface area contributed by atoms with Crippen molar-refractivity contribution in [1.29, 1.82) is 0 Å². The molecule has 0 amide bonds. The van der Waals surface area contributed by atoms with Gasteiger partial charge in [-0.2, -0.15) is 0 Å². The van der Waals surface area contributed by atoms with Crippen LogP contribution in [0.3, 0.4) is 0 Å². The monoisotopic (exact) mass is 275 g/mol. The van der Waals surface area contributed by atoms with Gasteiger partial charge in [-0.3, -0.25) is 4.72 Å². The Labute approximate surface area is 105 Å². The number of nitrogens with one attached hydrogen (secondary N) is 1. The van der Waals surface area contributed by atoms with E-state index in [-0.39, 0.29) is 17.4 Å². The quantitative estimate of drug-likeness (QED) is 0.860. The Hall–Kier alpha value is -1.63. The van der Waals surface area contributed by atoms with Gasteiger partial charge in [-0.05, 0) is 24.1 Å². The first kappa shape index (κ1) is 14.4. The maximum atomic E-state index is 13.3. The van der Waals surface area contributed by atoms with Crippen LogP contribution in [-0.4, -0.2) is 25.2 Å². The zero-order valence-electron chi connectivity index (χ0n) is 9.97. The van der Waals surface area contributed by atoms with Gasteiger partial charge < -0.3 is 5.11 Å². The van der Waals surface area contributed by atoms with Crippen LogP contribution in [-0.2, 0) is 10.0 Å². The standard InChI is InChI=1S/C11H14FNO4S/c1-7(2)6-18(16,17)13-8-3-4-9(11(14)15)10(12)5-8/h3-5,7,13H,6H2,1-2H3,(H,14,15). The highest BCUT2D eigenvalue weighted by molar-refractivity contribution is 7.92. The van der Waals surface area contributed by atoms with Crippen LogP contribution in [0.4, 0.5) is 10.1 Å². The summed E-state index contributed by atoms with van der Waals surface area (Å²) in [4.78, 5) is 10.6. The van der Waals surface area contributed by atoms with Crippen LogP contribution in [0.25, 0.3) is 0 Å². The van der Waals surface area contributed by atoms with E-state index >= 15 is 0 Å². The van der Waals surface area contributed by atoms with E-state index in [0.717, 1.165) is 12.1 Å². The van der Waals surface area contributed by atoms with E-state index in [1.54, 1.807) is 13.8 Å². The zero-order chi connectivity index (χ0) is 13.9. The van der Waals surface area contributed by atoms with E-state index in [1.165, 1.54) is 6.07 Å². The SMILES string of the molecule is CC(C)CS(=O)(=O)Nc1ccc(C(=O)O)c(F)c1. The lowest BCUT2D eigenvalue weighted by Gasteiger charge is -2.10. The van der Waals surface area contributed by atoms with Gasteiger partial charge in [0.25, 0.3) is 0 Å². The van der Waals surface area contributed by atoms with E-state index in [2.05, 4.69) is 4.72 Å². The number of carboxylic acids is 1. The predicted molar refractivity (Wildman–Crippen MR) is 65.6 cm³/mol. The van der Waals surface area contributed by atoms with Gasteiger partial charge in [0.15, 0.2) is 0 Å². The third-order valence-corrected chi connectivity index (χ3v) is 3.68. The second kappa shape index (κ2) is 5.34. The molecule has 7 heteroatoms. The summed E-state index contributed by atoms with van der Waals surface area (Å²) in [6, 6.07) is 3.08. The molecule has 0 saturated carbocycles. The minimum absolute atomic E-state index is 0.0122. The Morgan fingerprint density at radius 3 is 2.50 bits per heavy atom. The molecule has 5 nitrogen and oxygen atoms in total. The van der Waals surface area contributed by atoms with Crippen molar-refractivity contribution in [3.8, 4) is 0 Å². The van der Waals surface area contributed by atoms with Gasteiger partial charge >= 0.3 is 5.97 Å². The second-order valence-electron chi connectivity index (χ2n) is 4.28. The molecule has 1 aromatic carbocycles. The molecule has 0 unspecified atom stereocenters. The van der Waals surface area contributed by atoms with E-state index in [9.17, 15) is 17.6 Å². The molecule has 0 atom stereocenters. The number of carboxylic acid groups (broad SMARTS) is 1. The molecule has 0 spiro atoms. The van der Waals surface area contributed by atoms with Crippen LogP contribution in [0.1, 0.15) is 24.2 Å². The number of carbonyl (C=O) groups is 1. The van der Waals surface area contributed by atoms with E-state index in [0.29, 0.717) is 0 Å². The maximum Gasteiger partial charge on any atom is 0.338 e. The molecule has 0 fully saturated rings. The summed E-state index contributed by atoms with van der Waals surface area (Å²) in [5.74, 6) is -2.53. The van der Waals surface area contributed by atoms with Gasteiger partial charge in [0, 0.05) is 0 Å². The Bertz CT molecular complexity index is 554. The molecule has 100 valence electrons. The molecule has 18 heavy (non-hydrogen) atoms. The maximum absolute atomic E-state index is 13.3. The average molecular weight is 275 g/mol. The average Bonchev–Trinajstić information content (AvgIpc) is 2.13. The molecule has 0 saturated heterocycles. The molecule has 2 N–H and O–H groups in total. The summed E-state index contributed by atoms with van der Waals surface area (Å²) in [6.07, 6.45) is 0. The summed E-state index contributed by atoms with van der Waals surface area (Å²) in [6.45, 7) is 3.49. The van der Waals surface area contributed by atoms with Gasteiger partial charge in [-0.1, -0.05) is 13.8 Å². The van der Waals surface area contributed by atoms with Gasteiger partial charge in [0.1, 0.15) is 5.82 Å². The van der Waals surface area contributed by atoms with Crippen LogP contribution in [0.15, 0.2) is 18.2 Å². The Kier molecular flexibility index (Phi) is 4.28. The first-order chi connectivity index (χ1) is 8.21. The van der Waals surface area contributed by atoms with Crippen molar-refractivity contribution >= 4 is 21.7 Å². The number of sulfonamides is 1. The van der Waals surface area contributed by atoms with Crippen molar-refractivity contribution in [2.45, 2.75) is 13.8 Å². The molecule has 0 bridgehead atoms. The zero-order valence-corrected chi connectivity index (χ0v) is 10.8. The van der Waals surface area contributed by atoms with Crippen molar-refractivity contribution in [3.05, 3.63) is 29.6 Å². The topological polar surface area (TPSA) is 83.5 Å². The van der Waals surface area contributed by atoms with Crippen LogP contribution < -0.4 is 4.72 Å². The fourth-order valence-corrected chi connectivity index (χ4v) is 2.86. The minimum Gasteiger partial charge on any atom is -0.478 e. The highest BCUT2D eigenvalue weighted by atomic mass is 32.2. The van der Waals surface area contributed by atoms with Crippen LogP contribution >= 0.6 is 0 Å². The molecule has 0 aliphatic heterocycles. The van der Waals surface area contributed by atoms with Crippen LogP contribution in [0.2, 0.25) is 0 Å². The molecule has 0 heterocycles. The van der Waals surface area contributed by atoms with Gasteiger partial charge in [0.2, 0.25) is 10.0 Å². The first-order valence-electron chi connectivity index (χ1n) is 5.24. The Balaban J connectivity index is 2.94.